The van der Waals surface area contributed by atoms with Gasteiger partial charge in [0.05, 0.1) is 0 Å². The van der Waals surface area contributed by atoms with Crippen LogP contribution in [0.3, 0.4) is 0 Å². The molecular formula is C13H19NS. The standard InChI is InChI=1S/C13H19NS/c1-10-3-11(2)5-12(4-10)8-15-9-13-6-14-7-13/h3-5,13-14H,6-9H2,1-2H3. The van der Waals surface area contributed by atoms with Crippen LogP contribution in [0.4, 0.5) is 0 Å². The van der Waals surface area contributed by atoms with Gasteiger partial charge >= 0.3 is 0 Å². The van der Waals surface area contributed by atoms with Crippen molar-refractivity contribution >= 4 is 11.8 Å². The van der Waals surface area contributed by atoms with Crippen LogP contribution < -0.4 is 5.32 Å². The van der Waals surface area contributed by atoms with Gasteiger partial charge in [-0.3, -0.25) is 0 Å². The summed E-state index contributed by atoms with van der Waals surface area (Å²) in [5.41, 5.74) is 4.25. The zero-order valence-corrected chi connectivity index (χ0v) is 10.4. The molecule has 15 heavy (non-hydrogen) atoms. The first-order valence-electron chi connectivity index (χ1n) is 5.59. The Morgan fingerprint density at radius 1 is 1.20 bits per heavy atom. The summed E-state index contributed by atoms with van der Waals surface area (Å²) in [4.78, 5) is 0. The van der Waals surface area contributed by atoms with Crippen LogP contribution >= 0.6 is 11.8 Å². The zero-order chi connectivity index (χ0) is 10.7. The lowest BCUT2D eigenvalue weighted by Crippen LogP contribution is -2.43. The summed E-state index contributed by atoms with van der Waals surface area (Å²) in [6, 6.07) is 6.85. The van der Waals surface area contributed by atoms with E-state index >= 15 is 0 Å². The number of thioether (sulfide) groups is 1. The topological polar surface area (TPSA) is 12.0 Å². The van der Waals surface area contributed by atoms with Crippen molar-refractivity contribution in [3.05, 3.63) is 34.9 Å². The third kappa shape index (κ3) is 3.25. The fourth-order valence-electron chi connectivity index (χ4n) is 1.96. The van der Waals surface area contributed by atoms with Gasteiger partial charge in [0.2, 0.25) is 0 Å². The quantitative estimate of drug-likeness (QED) is 0.839. The summed E-state index contributed by atoms with van der Waals surface area (Å²) < 4.78 is 0. The molecule has 0 aromatic heterocycles. The van der Waals surface area contributed by atoms with Crippen molar-refractivity contribution in [1.82, 2.24) is 5.32 Å². The largest absolute Gasteiger partial charge is 0.316 e. The first-order valence-corrected chi connectivity index (χ1v) is 6.75. The minimum atomic E-state index is 0.918. The molecule has 82 valence electrons. The van der Waals surface area contributed by atoms with Gasteiger partial charge in [-0.2, -0.15) is 11.8 Å². The number of rotatable bonds is 4. The maximum atomic E-state index is 3.31. The van der Waals surface area contributed by atoms with Crippen LogP contribution in [0.5, 0.6) is 0 Å². The average molecular weight is 221 g/mol. The van der Waals surface area contributed by atoms with Gasteiger partial charge in [-0.25, -0.2) is 0 Å². The number of hydrogen-bond acceptors (Lipinski definition) is 2. The molecule has 0 amide bonds. The Hall–Kier alpha value is -0.470. The second-order valence-electron chi connectivity index (χ2n) is 4.54. The molecule has 1 saturated heterocycles. The van der Waals surface area contributed by atoms with E-state index in [9.17, 15) is 0 Å². The van der Waals surface area contributed by atoms with Crippen molar-refractivity contribution in [3.63, 3.8) is 0 Å². The number of hydrogen-bond donors (Lipinski definition) is 1. The molecular weight excluding hydrogens is 202 g/mol. The Balaban J connectivity index is 1.81. The van der Waals surface area contributed by atoms with E-state index in [1.54, 1.807) is 0 Å². The minimum absolute atomic E-state index is 0.918. The lowest BCUT2D eigenvalue weighted by atomic mass is 10.1. The molecule has 0 atom stereocenters. The molecule has 1 fully saturated rings. The average Bonchev–Trinajstić information content (AvgIpc) is 2.07. The summed E-state index contributed by atoms with van der Waals surface area (Å²) >= 11 is 2.07. The van der Waals surface area contributed by atoms with Gasteiger partial charge < -0.3 is 5.32 Å². The summed E-state index contributed by atoms with van der Waals surface area (Å²) in [7, 11) is 0. The van der Waals surface area contributed by atoms with Gasteiger partial charge in [-0.1, -0.05) is 29.3 Å². The molecule has 1 aliphatic rings. The molecule has 0 saturated carbocycles. The van der Waals surface area contributed by atoms with E-state index in [1.165, 1.54) is 41.3 Å². The highest BCUT2D eigenvalue weighted by Crippen LogP contribution is 2.19. The number of aryl methyl sites for hydroxylation is 2. The Kier molecular flexibility index (Phi) is 3.71. The highest BCUT2D eigenvalue weighted by molar-refractivity contribution is 7.98. The van der Waals surface area contributed by atoms with E-state index in [2.05, 4.69) is 49.1 Å². The molecule has 1 aliphatic heterocycles. The van der Waals surface area contributed by atoms with Crippen molar-refractivity contribution in [2.24, 2.45) is 5.92 Å². The molecule has 0 aliphatic carbocycles. The van der Waals surface area contributed by atoms with Crippen molar-refractivity contribution < 1.29 is 0 Å². The van der Waals surface area contributed by atoms with Gasteiger partial charge in [0, 0.05) is 5.75 Å². The highest BCUT2D eigenvalue weighted by atomic mass is 32.2. The molecule has 1 aromatic carbocycles. The lowest BCUT2D eigenvalue weighted by molar-refractivity contribution is 0.385. The van der Waals surface area contributed by atoms with Crippen molar-refractivity contribution in [2.45, 2.75) is 19.6 Å². The summed E-state index contributed by atoms with van der Waals surface area (Å²) in [5, 5.41) is 3.31. The van der Waals surface area contributed by atoms with Crippen LogP contribution in [0.25, 0.3) is 0 Å². The van der Waals surface area contributed by atoms with Gasteiger partial charge in [-0.05, 0) is 44.2 Å². The van der Waals surface area contributed by atoms with Crippen molar-refractivity contribution in [3.8, 4) is 0 Å². The van der Waals surface area contributed by atoms with E-state index in [0.717, 1.165) is 5.92 Å². The third-order valence-electron chi connectivity index (χ3n) is 2.77. The highest BCUT2D eigenvalue weighted by Gasteiger charge is 2.15. The Labute approximate surface area is 96.7 Å². The van der Waals surface area contributed by atoms with E-state index < -0.39 is 0 Å². The Morgan fingerprint density at radius 2 is 1.87 bits per heavy atom. The molecule has 1 N–H and O–H groups in total. The van der Waals surface area contributed by atoms with Crippen LogP contribution in [0.1, 0.15) is 16.7 Å². The van der Waals surface area contributed by atoms with E-state index in [4.69, 9.17) is 0 Å². The predicted octanol–water partition coefficient (Wildman–Crippen LogP) is 2.76. The second-order valence-corrected chi connectivity index (χ2v) is 5.57. The van der Waals surface area contributed by atoms with Crippen molar-refractivity contribution in [1.29, 1.82) is 0 Å². The SMILES string of the molecule is Cc1cc(C)cc(CSCC2CNC2)c1. The second kappa shape index (κ2) is 5.04. The fraction of sp³-hybridized carbons (Fsp3) is 0.538. The summed E-state index contributed by atoms with van der Waals surface area (Å²) in [6.45, 7) is 6.80. The van der Waals surface area contributed by atoms with Gasteiger partial charge in [0.1, 0.15) is 0 Å². The van der Waals surface area contributed by atoms with Gasteiger partial charge in [0.25, 0.3) is 0 Å². The van der Waals surface area contributed by atoms with Gasteiger partial charge in [-0.15, -0.1) is 0 Å². The Bertz CT molecular complexity index is 311. The van der Waals surface area contributed by atoms with Crippen LogP contribution in [0.2, 0.25) is 0 Å². The van der Waals surface area contributed by atoms with E-state index in [1.807, 2.05) is 0 Å². The Morgan fingerprint density at radius 3 is 2.40 bits per heavy atom. The number of benzene rings is 1. The summed E-state index contributed by atoms with van der Waals surface area (Å²) in [6.07, 6.45) is 0. The number of nitrogens with one attached hydrogen (secondary N) is 1. The fourth-order valence-corrected chi connectivity index (χ4v) is 3.05. The first kappa shape index (κ1) is 11.0. The van der Waals surface area contributed by atoms with Crippen LogP contribution in [0, 0.1) is 19.8 Å². The van der Waals surface area contributed by atoms with Crippen LogP contribution in [-0.2, 0) is 5.75 Å². The summed E-state index contributed by atoms with van der Waals surface area (Å²) in [5.74, 6) is 3.39. The normalized spacial score (nSPS) is 16.4. The maximum absolute atomic E-state index is 3.31. The molecule has 0 spiro atoms. The molecule has 1 nitrogen and oxygen atoms in total. The maximum Gasteiger partial charge on any atom is 0.0184 e. The lowest BCUT2D eigenvalue weighted by Gasteiger charge is -2.26. The minimum Gasteiger partial charge on any atom is -0.316 e. The van der Waals surface area contributed by atoms with E-state index in [0.29, 0.717) is 0 Å². The molecule has 0 radical (unpaired) electrons. The zero-order valence-electron chi connectivity index (χ0n) is 9.55. The third-order valence-corrected chi connectivity index (χ3v) is 4.01. The van der Waals surface area contributed by atoms with E-state index in [-0.39, 0.29) is 0 Å². The smallest absolute Gasteiger partial charge is 0.0184 e. The monoisotopic (exact) mass is 221 g/mol. The molecule has 1 aromatic rings. The molecule has 0 bridgehead atoms. The molecule has 2 heteroatoms. The van der Waals surface area contributed by atoms with Crippen LogP contribution in [0.15, 0.2) is 18.2 Å². The van der Waals surface area contributed by atoms with Gasteiger partial charge in [0.15, 0.2) is 0 Å². The van der Waals surface area contributed by atoms with Crippen molar-refractivity contribution in [2.75, 3.05) is 18.8 Å². The van der Waals surface area contributed by atoms with Crippen LogP contribution in [-0.4, -0.2) is 18.8 Å². The molecule has 2 rings (SSSR count). The molecule has 1 heterocycles. The first-order chi connectivity index (χ1) is 7.24. The predicted molar refractivity (Wildman–Crippen MR) is 68.4 cm³/mol. The molecule has 0 unspecified atom stereocenters.